The number of hydrogen-bond donors (Lipinski definition) is 1. The maximum absolute atomic E-state index is 13.1. The number of hydrogen-bond acceptors (Lipinski definition) is 7. The summed E-state index contributed by atoms with van der Waals surface area (Å²) in [4.78, 5) is 2.32. The lowest BCUT2D eigenvalue weighted by Gasteiger charge is -2.32. The average molecular weight is 517 g/mol. The Morgan fingerprint density at radius 2 is 2.00 bits per heavy atom. The molecule has 0 aliphatic carbocycles. The van der Waals surface area contributed by atoms with E-state index in [1.165, 1.54) is 26.3 Å². The largest absolute Gasteiger partial charge is 0.496 e. The van der Waals surface area contributed by atoms with Crippen molar-refractivity contribution in [2.75, 3.05) is 32.5 Å². The highest BCUT2D eigenvalue weighted by Crippen LogP contribution is 2.41. The molecule has 1 N–H and O–H groups in total. The molecule has 34 heavy (non-hydrogen) atoms. The van der Waals surface area contributed by atoms with Crippen LogP contribution in [0.2, 0.25) is 0 Å². The van der Waals surface area contributed by atoms with E-state index in [0.29, 0.717) is 29.4 Å². The molecule has 0 radical (unpaired) electrons. The van der Waals surface area contributed by atoms with Crippen molar-refractivity contribution in [3.8, 4) is 22.1 Å². The predicted molar refractivity (Wildman–Crippen MR) is 122 cm³/mol. The van der Waals surface area contributed by atoms with E-state index in [4.69, 9.17) is 9.47 Å². The van der Waals surface area contributed by atoms with Gasteiger partial charge in [0.2, 0.25) is 0 Å². The van der Waals surface area contributed by atoms with E-state index in [1.807, 2.05) is 19.0 Å². The molecular weight excluding hydrogens is 493 g/mol. The van der Waals surface area contributed by atoms with E-state index in [-0.39, 0.29) is 21.6 Å². The zero-order chi connectivity index (χ0) is 24.8. The molecule has 1 atom stereocenters. The summed E-state index contributed by atoms with van der Waals surface area (Å²) in [5.41, 5.74) is 0.144. The number of sulfonamides is 1. The maximum Gasteiger partial charge on any atom is 0.433 e. The molecule has 184 valence electrons. The Morgan fingerprint density at radius 1 is 1.26 bits per heavy atom. The van der Waals surface area contributed by atoms with E-state index in [9.17, 15) is 21.6 Å². The zero-order valence-electron chi connectivity index (χ0n) is 18.8. The topological polar surface area (TPSA) is 85.7 Å². The number of fused-ring (bicyclic) bond motifs is 1. The van der Waals surface area contributed by atoms with Crippen molar-refractivity contribution in [1.82, 2.24) is 14.7 Å². The monoisotopic (exact) mass is 516 g/mol. The summed E-state index contributed by atoms with van der Waals surface area (Å²) in [7, 11) is 2.56. The highest BCUT2D eigenvalue weighted by molar-refractivity contribution is 7.94. The highest BCUT2D eigenvalue weighted by atomic mass is 32.2. The second kappa shape index (κ2) is 8.78. The number of halogens is 3. The Hall–Kier alpha value is -2.77. The molecular formula is C21H23F3N4O4S2. The first-order valence-corrected chi connectivity index (χ1v) is 12.4. The fourth-order valence-corrected chi connectivity index (χ4v) is 6.02. The fourth-order valence-electron chi connectivity index (χ4n) is 3.70. The number of benzene rings is 1. The van der Waals surface area contributed by atoms with Gasteiger partial charge in [-0.1, -0.05) is 0 Å². The summed E-state index contributed by atoms with van der Waals surface area (Å²) >= 11 is 0.828. The number of nitrogens with one attached hydrogen (secondary N) is 1. The highest BCUT2D eigenvalue weighted by Gasteiger charge is 2.35. The number of aryl methyl sites for hydroxylation is 1. The summed E-state index contributed by atoms with van der Waals surface area (Å²) in [6.45, 7) is 0.381. The molecule has 0 bridgehead atoms. The van der Waals surface area contributed by atoms with Gasteiger partial charge in [-0.15, -0.1) is 11.3 Å². The maximum atomic E-state index is 13.1. The van der Waals surface area contributed by atoms with Gasteiger partial charge in [-0.3, -0.25) is 9.40 Å². The van der Waals surface area contributed by atoms with Gasteiger partial charge in [0.05, 0.1) is 17.7 Å². The van der Waals surface area contributed by atoms with Crippen LogP contribution in [0.4, 0.5) is 18.9 Å². The van der Waals surface area contributed by atoms with Crippen molar-refractivity contribution < 1.29 is 31.1 Å². The molecule has 4 rings (SSSR count). The van der Waals surface area contributed by atoms with Crippen LogP contribution in [0.25, 0.3) is 10.6 Å². The molecule has 8 nitrogen and oxygen atoms in total. The number of likely N-dealkylation sites (N-methyl/N-ethyl adjacent to an activating group) is 1. The Bertz CT molecular complexity index is 1320. The number of rotatable bonds is 6. The second-order valence-corrected chi connectivity index (χ2v) is 11.0. The minimum Gasteiger partial charge on any atom is -0.496 e. The van der Waals surface area contributed by atoms with Gasteiger partial charge in [-0.25, -0.2) is 8.42 Å². The molecule has 1 aromatic carbocycles. The van der Waals surface area contributed by atoms with Crippen LogP contribution in [0.1, 0.15) is 11.3 Å². The fraction of sp³-hybridized carbons (Fsp3) is 0.381. The SMILES string of the molecule is COc1ccc(NS(=O)(=O)c2ccc(-c3cc(C(F)(F)F)n(C)n3)s2)c2c1C[C@@H](N(C)C)CO2. The number of nitrogens with zero attached hydrogens (tertiary/aromatic N) is 3. The van der Waals surface area contributed by atoms with Crippen molar-refractivity contribution in [3.63, 3.8) is 0 Å². The number of thiophene rings is 1. The van der Waals surface area contributed by atoms with Crippen molar-refractivity contribution in [2.24, 2.45) is 7.05 Å². The van der Waals surface area contributed by atoms with Gasteiger partial charge in [0.1, 0.15) is 33.7 Å². The number of anilines is 1. The average Bonchev–Trinajstić information content (AvgIpc) is 3.40. The standard InChI is InChI=1S/C21H23F3N4O4S2/c1-27(2)12-9-13-16(31-4)6-5-14(20(13)32-11-12)26-34(29,30)19-8-7-17(33-19)15-10-18(21(22,23)24)28(3)25-15/h5-8,10,12,26H,9,11H2,1-4H3/t12-/m1/s1. The number of ether oxygens (including phenoxy) is 2. The Balaban J connectivity index is 1.63. The normalized spacial score (nSPS) is 16.3. The van der Waals surface area contributed by atoms with Crippen LogP contribution in [-0.2, 0) is 29.7 Å². The Kier molecular flexibility index (Phi) is 6.29. The van der Waals surface area contributed by atoms with Crippen LogP contribution < -0.4 is 14.2 Å². The van der Waals surface area contributed by atoms with Gasteiger partial charge >= 0.3 is 6.18 Å². The van der Waals surface area contributed by atoms with E-state index in [2.05, 4.69) is 9.82 Å². The van der Waals surface area contributed by atoms with Crippen LogP contribution in [-0.4, -0.2) is 57.0 Å². The molecule has 1 aliphatic rings. The first-order chi connectivity index (χ1) is 15.9. The lowest BCUT2D eigenvalue weighted by atomic mass is 10.00. The van der Waals surface area contributed by atoms with Crippen LogP contribution in [0.5, 0.6) is 11.5 Å². The molecule has 2 aromatic heterocycles. The van der Waals surface area contributed by atoms with E-state index >= 15 is 0 Å². The Labute approximate surface area is 199 Å². The summed E-state index contributed by atoms with van der Waals surface area (Å²) in [5, 5.41) is 3.88. The molecule has 3 heterocycles. The third-order valence-corrected chi connectivity index (χ3v) is 8.51. The summed E-state index contributed by atoms with van der Waals surface area (Å²) in [5.74, 6) is 0.996. The van der Waals surface area contributed by atoms with Crippen molar-refractivity contribution in [3.05, 3.63) is 41.6 Å². The molecule has 1 aliphatic heterocycles. The summed E-state index contributed by atoms with van der Waals surface area (Å²) < 4.78 is 80.0. The smallest absolute Gasteiger partial charge is 0.433 e. The second-order valence-electron chi connectivity index (χ2n) is 8.02. The molecule has 0 saturated carbocycles. The van der Waals surface area contributed by atoms with Gasteiger partial charge in [0, 0.05) is 18.7 Å². The minimum absolute atomic E-state index is 0.0427. The van der Waals surface area contributed by atoms with Crippen LogP contribution in [0, 0.1) is 0 Å². The third-order valence-electron chi connectivity index (χ3n) is 5.54. The molecule has 0 unspecified atom stereocenters. The summed E-state index contributed by atoms with van der Waals surface area (Å²) in [6.07, 6.45) is -3.95. The van der Waals surface area contributed by atoms with Gasteiger partial charge in [0.15, 0.2) is 0 Å². The van der Waals surface area contributed by atoms with Crippen LogP contribution >= 0.6 is 11.3 Å². The first-order valence-electron chi connectivity index (χ1n) is 10.1. The van der Waals surface area contributed by atoms with Crippen LogP contribution in [0.15, 0.2) is 34.5 Å². The van der Waals surface area contributed by atoms with Crippen molar-refractivity contribution in [2.45, 2.75) is 22.8 Å². The van der Waals surface area contributed by atoms with E-state index in [0.717, 1.165) is 27.6 Å². The lowest BCUT2D eigenvalue weighted by Crippen LogP contribution is -2.38. The van der Waals surface area contributed by atoms with Gasteiger partial charge in [0.25, 0.3) is 10.0 Å². The molecule has 0 spiro atoms. The van der Waals surface area contributed by atoms with Gasteiger partial charge < -0.3 is 14.4 Å². The third kappa shape index (κ3) is 4.59. The summed E-state index contributed by atoms with van der Waals surface area (Å²) in [6, 6.07) is 7.00. The van der Waals surface area contributed by atoms with Gasteiger partial charge in [-0.2, -0.15) is 18.3 Å². The molecule has 0 fully saturated rings. The number of aromatic nitrogens is 2. The molecule has 0 amide bonds. The number of alkyl halides is 3. The van der Waals surface area contributed by atoms with Gasteiger partial charge in [-0.05, 0) is 50.8 Å². The quantitative estimate of drug-likeness (QED) is 0.536. The zero-order valence-corrected chi connectivity index (χ0v) is 20.4. The molecule has 13 heteroatoms. The molecule has 3 aromatic rings. The van der Waals surface area contributed by atoms with Crippen molar-refractivity contribution in [1.29, 1.82) is 0 Å². The van der Waals surface area contributed by atoms with Crippen molar-refractivity contribution >= 4 is 27.0 Å². The van der Waals surface area contributed by atoms with E-state index < -0.39 is 21.9 Å². The Morgan fingerprint density at radius 3 is 2.62 bits per heavy atom. The molecule has 0 saturated heterocycles. The van der Waals surface area contributed by atoms with Crippen LogP contribution in [0.3, 0.4) is 0 Å². The predicted octanol–water partition coefficient (Wildman–Crippen LogP) is 3.84. The first kappa shape index (κ1) is 24.4. The minimum atomic E-state index is -4.56. The lowest BCUT2D eigenvalue weighted by molar-refractivity contribution is -0.143. The number of methoxy groups -OCH3 is 1. The van der Waals surface area contributed by atoms with E-state index in [1.54, 1.807) is 12.1 Å².